The normalized spacial score (nSPS) is 19.2. The van der Waals surface area contributed by atoms with Crippen LogP contribution >= 0.6 is 0 Å². The van der Waals surface area contributed by atoms with Crippen molar-refractivity contribution in [3.05, 3.63) is 30.0 Å². The summed E-state index contributed by atoms with van der Waals surface area (Å²) in [5.74, 6) is 2.00. The second-order valence-electron chi connectivity index (χ2n) is 7.07. The van der Waals surface area contributed by atoms with Gasteiger partial charge in [-0.2, -0.15) is 0 Å². The van der Waals surface area contributed by atoms with E-state index in [0.29, 0.717) is 48.0 Å². The Labute approximate surface area is 165 Å². The molecule has 0 saturated heterocycles. The predicted molar refractivity (Wildman–Crippen MR) is 105 cm³/mol. The lowest BCUT2D eigenvalue weighted by molar-refractivity contribution is -0.00296. The van der Waals surface area contributed by atoms with Crippen LogP contribution in [0.5, 0.6) is 11.5 Å². The van der Waals surface area contributed by atoms with E-state index in [9.17, 15) is 4.79 Å². The smallest absolute Gasteiger partial charge is 0.273 e. The molecule has 1 N–H and O–H groups in total. The highest BCUT2D eigenvalue weighted by molar-refractivity contribution is 5.93. The van der Waals surface area contributed by atoms with Crippen LogP contribution in [0.2, 0.25) is 0 Å². The minimum Gasteiger partial charge on any atom is -0.497 e. The average molecular weight is 388 g/mol. The topological polar surface area (TPSA) is 82.8 Å². The van der Waals surface area contributed by atoms with Gasteiger partial charge in [0.2, 0.25) is 0 Å². The van der Waals surface area contributed by atoms with Gasteiger partial charge in [0.05, 0.1) is 32.5 Å². The molecule has 7 nitrogen and oxygen atoms in total. The molecule has 7 heteroatoms. The fourth-order valence-electron chi connectivity index (χ4n) is 3.51. The Bertz CT molecular complexity index is 789. The zero-order valence-corrected chi connectivity index (χ0v) is 16.7. The summed E-state index contributed by atoms with van der Waals surface area (Å²) in [5.41, 5.74) is 0.883. The van der Waals surface area contributed by atoms with Crippen molar-refractivity contribution in [3.8, 4) is 22.8 Å². The van der Waals surface area contributed by atoms with Crippen LogP contribution < -0.4 is 14.8 Å². The molecule has 28 heavy (non-hydrogen) atoms. The molecule has 1 aliphatic rings. The van der Waals surface area contributed by atoms with E-state index in [2.05, 4.69) is 17.4 Å². The van der Waals surface area contributed by atoms with Crippen LogP contribution in [0.1, 0.15) is 43.1 Å². The van der Waals surface area contributed by atoms with Gasteiger partial charge >= 0.3 is 0 Å². The van der Waals surface area contributed by atoms with Crippen LogP contribution in [0, 0.1) is 5.92 Å². The SMILES string of the molecule is COc1ccc(OC)c(-c2cc(C(=O)NCCOC3CCCCC3C)no2)c1. The number of rotatable bonds is 8. The maximum atomic E-state index is 12.3. The number of hydrogen-bond donors (Lipinski definition) is 1. The van der Waals surface area contributed by atoms with Crippen LogP contribution in [-0.4, -0.2) is 44.5 Å². The van der Waals surface area contributed by atoms with Gasteiger partial charge in [0.15, 0.2) is 11.5 Å². The zero-order valence-electron chi connectivity index (χ0n) is 16.7. The summed E-state index contributed by atoms with van der Waals surface area (Å²) in [5, 5.41) is 6.71. The fraction of sp³-hybridized carbons (Fsp3) is 0.524. The van der Waals surface area contributed by atoms with E-state index >= 15 is 0 Å². The molecule has 1 aromatic heterocycles. The summed E-state index contributed by atoms with van der Waals surface area (Å²) >= 11 is 0. The van der Waals surface area contributed by atoms with E-state index in [0.717, 1.165) is 6.42 Å². The molecule has 0 bridgehead atoms. The third-order valence-corrected chi connectivity index (χ3v) is 5.17. The highest BCUT2D eigenvalue weighted by atomic mass is 16.5. The summed E-state index contributed by atoms with van der Waals surface area (Å²) in [6, 6.07) is 6.94. The highest BCUT2D eigenvalue weighted by Gasteiger charge is 2.22. The first-order valence-corrected chi connectivity index (χ1v) is 9.71. The molecule has 1 aliphatic carbocycles. The molecule has 0 spiro atoms. The molecule has 2 atom stereocenters. The maximum Gasteiger partial charge on any atom is 0.273 e. The van der Waals surface area contributed by atoms with E-state index in [1.54, 1.807) is 38.5 Å². The van der Waals surface area contributed by atoms with Crippen molar-refractivity contribution in [2.24, 2.45) is 5.92 Å². The van der Waals surface area contributed by atoms with Crippen LogP contribution in [0.15, 0.2) is 28.8 Å². The van der Waals surface area contributed by atoms with Gasteiger partial charge in [-0.3, -0.25) is 4.79 Å². The first-order chi connectivity index (χ1) is 13.6. The van der Waals surface area contributed by atoms with Gasteiger partial charge in [-0.1, -0.05) is 24.9 Å². The van der Waals surface area contributed by atoms with Gasteiger partial charge in [-0.15, -0.1) is 0 Å². The summed E-state index contributed by atoms with van der Waals surface area (Å²) in [7, 11) is 3.16. The van der Waals surface area contributed by atoms with E-state index in [1.807, 2.05) is 0 Å². The molecule has 1 fully saturated rings. The number of carbonyl (C=O) groups is 1. The van der Waals surface area contributed by atoms with E-state index in [4.69, 9.17) is 18.7 Å². The summed E-state index contributed by atoms with van der Waals surface area (Å²) in [6.45, 7) is 3.16. The van der Waals surface area contributed by atoms with Crippen molar-refractivity contribution in [3.63, 3.8) is 0 Å². The summed E-state index contributed by atoms with van der Waals surface area (Å²) < 4.78 is 21.9. The number of ether oxygens (including phenoxy) is 3. The Morgan fingerprint density at radius 1 is 1.21 bits per heavy atom. The minimum absolute atomic E-state index is 0.214. The van der Waals surface area contributed by atoms with Crippen molar-refractivity contribution in [1.82, 2.24) is 10.5 Å². The van der Waals surface area contributed by atoms with Gasteiger partial charge < -0.3 is 24.1 Å². The average Bonchev–Trinajstić information content (AvgIpc) is 3.22. The Kier molecular flexibility index (Phi) is 6.92. The van der Waals surface area contributed by atoms with Gasteiger partial charge in [-0.25, -0.2) is 0 Å². The number of aromatic nitrogens is 1. The van der Waals surface area contributed by atoms with Gasteiger partial charge in [0.1, 0.15) is 11.5 Å². The Balaban J connectivity index is 1.55. The third kappa shape index (κ3) is 4.84. The number of amides is 1. The quantitative estimate of drug-likeness (QED) is 0.695. The van der Waals surface area contributed by atoms with E-state index < -0.39 is 0 Å². The summed E-state index contributed by atoms with van der Waals surface area (Å²) in [6.07, 6.45) is 5.11. The van der Waals surface area contributed by atoms with Crippen LogP contribution in [0.4, 0.5) is 0 Å². The number of nitrogens with one attached hydrogen (secondary N) is 1. The molecule has 1 heterocycles. The molecule has 152 valence electrons. The zero-order chi connectivity index (χ0) is 19.9. The van der Waals surface area contributed by atoms with Gasteiger partial charge in [-0.05, 0) is 37.0 Å². The van der Waals surface area contributed by atoms with Crippen LogP contribution in [0.3, 0.4) is 0 Å². The Hall–Kier alpha value is -2.54. The molecule has 2 unspecified atom stereocenters. The molecule has 3 rings (SSSR count). The Morgan fingerprint density at radius 2 is 2.04 bits per heavy atom. The van der Waals surface area contributed by atoms with Crippen molar-refractivity contribution in [2.45, 2.75) is 38.7 Å². The molecule has 1 amide bonds. The fourth-order valence-corrected chi connectivity index (χ4v) is 3.51. The molecule has 0 radical (unpaired) electrons. The van der Waals surface area contributed by atoms with E-state index in [1.165, 1.54) is 19.3 Å². The monoisotopic (exact) mass is 388 g/mol. The van der Waals surface area contributed by atoms with Crippen LogP contribution in [-0.2, 0) is 4.74 Å². The molecule has 1 aromatic carbocycles. The number of carbonyl (C=O) groups excluding carboxylic acids is 1. The number of benzene rings is 1. The maximum absolute atomic E-state index is 12.3. The van der Waals surface area contributed by atoms with Crippen molar-refractivity contribution in [1.29, 1.82) is 0 Å². The molecule has 1 saturated carbocycles. The van der Waals surface area contributed by atoms with Crippen molar-refractivity contribution < 1.29 is 23.5 Å². The van der Waals surface area contributed by atoms with E-state index in [-0.39, 0.29) is 11.6 Å². The third-order valence-electron chi connectivity index (χ3n) is 5.17. The van der Waals surface area contributed by atoms with Crippen molar-refractivity contribution >= 4 is 5.91 Å². The molecule has 0 aliphatic heterocycles. The summed E-state index contributed by atoms with van der Waals surface area (Å²) in [4.78, 5) is 12.3. The molecule has 2 aromatic rings. The first kappa shape index (κ1) is 20.2. The van der Waals surface area contributed by atoms with Gasteiger partial charge in [0, 0.05) is 12.6 Å². The lowest BCUT2D eigenvalue weighted by Crippen LogP contribution is -2.31. The molecular weight excluding hydrogens is 360 g/mol. The number of methoxy groups -OCH3 is 2. The second kappa shape index (κ2) is 9.59. The number of hydrogen-bond acceptors (Lipinski definition) is 6. The van der Waals surface area contributed by atoms with Crippen LogP contribution in [0.25, 0.3) is 11.3 Å². The predicted octanol–water partition coefficient (Wildman–Crippen LogP) is 3.68. The van der Waals surface area contributed by atoms with Gasteiger partial charge in [0.25, 0.3) is 5.91 Å². The first-order valence-electron chi connectivity index (χ1n) is 9.71. The number of nitrogens with zero attached hydrogens (tertiary/aromatic N) is 1. The Morgan fingerprint density at radius 3 is 2.79 bits per heavy atom. The lowest BCUT2D eigenvalue weighted by atomic mass is 9.88. The highest BCUT2D eigenvalue weighted by Crippen LogP contribution is 2.33. The lowest BCUT2D eigenvalue weighted by Gasteiger charge is -2.28. The van der Waals surface area contributed by atoms with Crippen molar-refractivity contribution in [2.75, 3.05) is 27.4 Å². The second-order valence-corrected chi connectivity index (χ2v) is 7.07. The molecular formula is C21H28N2O5. The largest absolute Gasteiger partial charge is 0.497 e. The standard InChI is InChI=1S/C21H28N2O5/c1-14-6-4-5-7-18(14)27-11-10-22-21(24)17-13-20(28-23-17)16-12-15(25-2)8-9-19(16)26-3/h8-9,12-14,18H,4-7,10-11H2,1-3H3,(H,22,24). The minimum atomic E-state index is -0.294.